The molecule has 11 rings (SSSR count). The molecule has 6 heteroatoms. The van der Waals surface area contributed by atoms with E-state index >= 15 is 0 Å². The van der Waals surface area contributed by atoms with Gasteiger partial charge in [0.2, 0.25) is 5.95 Å². The molecule has 0 saturated heterocycles. The zero-order valence-corrected chi connectivity index (χ0v) is 29.2. The lowest BCUT2D eigenvalue weighted by Gasteiger charge is -2.21. The summed E-state index contributed by atoms with van der Waals surface area (Å²) in [7, 11) is 0. The summed E-state index contributed by atoms with van der Waals surface area (Å²) < 4.78 is 4.48. The van der Waals surface area contributed by atoms with Crippen LogP contribution in [0.3, 0.4) is 0 Å². The molecule has 6 nitrogen and oxygen atoms in total. The summed E-state index contributed by atoms with van der Waals surface area (Å²) in [5, 5.41) is 3.41. The fourth-order valence-corrected chi connectivity index (χ4v) is 8.69. The van der Waals surface area contributed by atoms with Gasteiger partial charge in [0.1, 0.15) is 0 Å². The molecule has 0 fully saturated rings. The van der Waals surface area contributed by atoms with Crippen LogP contribution in [-0.4, -0.2) is 29.1 Å². The lowest BCUT2D eigenvalue weighted by atomic mass is 9.82. The monoisotopic (exact) mass is 680 g/mol. The minimum Gasteiger partial charge on any atom is -0.307 e. The first-order valence-electron chi connectivity index (χ1n) is 18.0. The Morgan fingerprint density at radius 1 is 0.434 bits per heavy atom. The van der Waals surface area contributed by atoms with E-state index in [1.54, 1.807) is 0 Å². The molecule has 4 heterocycles. The van der Waals surface area contributed by atoms with E-state index in [-0.39, 0.29) is 5.41 Å². The highest BCUT2D eigenvalue weighted by molar-refractivity contribution is 6.09. The number of hydrogen-bond donors (Lipinski definition) is 0. The predicted octanol–water partition coefficient (Wildman–Crippen LogP) is 11.1. The molecular weight excluding hydrogens is 649 g/mol. The van der Waals surface area contributed by atoms with E-state index in [1.165, 1.54) is 22.3 Å². The molecule has 1 aliphatic rings. The van der Waals surface area contributed by atoms with Crippen LogP contribution < -0.4 is 0 Å². The van der Waals surface area contributed by atoms with Gasteiger partial charge in [0.25, 0.3) is 0 Å². The Hall–Kier alpha value is -6.92. The van der Waals surface area contributed by atoms with Crippen LogP contribution in [-0.2, 0) is 5.41 Å². The first kappa shape index (κ1) is 29.8. The normalized spacial score (nSPS) is 13.2. The number of benzene rings is 6. The van der Waals surface area contributed by atoms with Crippen LogP contribution in [0.1, 0.15) is 25.0 Å². The first-order valence-corrected chi connectivity index (χ1v) is 18.0. The van der Waals surface area contributed by atoms with Crippen LogP contribution in [0, 0.1) is 0 Å². The van der Waals surface area contributed by atoms with Gasteiger partial charge in [0, 0.05) is 38.9 Å². The van der Waals surface area contributed by atoms with Crippen LogP contribution in [0.15, 0.2) is 158 Å². The van der Waals surface area contributed by atoms with Gasteiger partial charge in [-0.1, -0.05) is 123 Å². The molecule has 0 unspecified atom stereocenters. The third-order valence-corrected chi connectivity index (χ3v) is 11.1. The van der Waals surface area contributed by atoms with Crippen molar-refractivity contribution in [3.63, 3.8) is 0 Å². The van der Waals surface area contributed by atoms with Crippen LogP contribution in [0.4, 0.5) is 0 Å². The van der Waals surface area contributed by atoms with E-state index in [2.05, 4.69) is 169 Å². The van der Waals surface area contributed by atoms with E-state index in [1.807, 2.05) is 12.3 Å². The van der Waals surface area contributed by atoms with Gasteiger partial charge in [0.15, 0.2) is 11.6 Å². The van der Waals surface area contributed by atoms with Crippen molar-refractivity contribution in [2.45, 2.75) is 19.3 Å². The van der Waals surface area contributed by atoms with Gasteiger partial charge >= 0.3 is 0 Å². The van der Waals surface area contributed by atoms with Crippen LogP contribution in [0.5, 0.6) is 0 Å². The predicted molar refractivity (Wildman–Crippen MR) is 215 cm³/mol. The topological polar surface area (TPSA) is 61.4 Å². The van der Waals surface area contributed by atoms with Gasteiger partial charge < -0.3 is 4.57 Å². The number of pyridine rings is 1. The Morgan fingerprint density at radius 3 is 1.74 bits per heavy atom. The average molecular weight is 681 g/mol. The number of para-hydroxylation sites is 4. The average Bonchev–Trinajstić information content (AvgIpc) is 3.81. The van der Waals surface area contributed by atoms with Crippen molar-refractivity contribution >= 4 is 43.7 Å². The van der Waals surface area contributed by atoms with Gasteiger partial charge in [-0.25, -0.2) is 4.98 Å². The highest BCUT2D eigenvalue weighted by atomic mass is 15.2. The smallest absolute Gasteiger partial charge is 0.238 e. The van der Waals surface area contributed by atoms with Crippen molar-refractivity contribution in [2.75, 3.05) is 0 Å². The van der Waals surface area contributed by atoms with Gasteiger partial charge in [0.05, 0.1) is 33.3 Å². The molecule has 250 valence electrons. The molecule has 4 aromatic heterocycles. The van der Waals surface area contributed by atoms with Crippen LogP contribution in [0.2, 0.25) is 0 Å². The highest BCUT2D eigenvalue weighted by Gasteiger charge is 2.37. The van der Waals surface area contributed by atoms with Crippen molar-refractivity contribution in [3.05, 3.63) is 169 Å². The second kappa shape index (κ2) is 11.0. The molecule has 0 atom stereocenters. The molecule has 0 N–H and O–H groups in total. The molecule has 10 aromatic rings. The minimum absolute atomic E-state index is 0.162. The van der Waals surface area contributed by atoms with E-state index in [4.69, 9.17) is 19.9 Å². The zero-order valence-electron chi connectivity index (χ0n) is 29.2. The molecule has 1 aliphatic carbocycles. The Kier molecular flexibility index (Phi) is 6.20. The van der Waals surface area contributed by atoms with E-state index in [0.717, 1.165) is 60.6 Å². The summed E-state index contributed by atoms with van der Waals surface area (Å²) in [5.74, 6) is 1.81. The number of nitrogens with zero attached hydrogens (tertiary/aromatic N) is 6. The minimum atomic E-state index is -0.162. The van der Waals surface area contributed by atoms with Crippen molar-refractivity contribution < 1.29 is 0 Å². The number of aromatic nitrogens is 6. The van der Waals surface area contributed by atoms with Crippen molar-refractivity contribution in [2.24, 2.45) is 0 Å². The molecular formula is C47H32N6. The summed E-state index contributed by atoms with van der Waals surface area (Å²) in [6, 6.07) is 53.3. The molecule has 0 saturated carbocycles. The fraction of sp³-hybridized carbons (Fsp3) is 0.0638. The third kappa shape index (κ3) is 4.20. The lowest BCUT2D eigenvalue weighted by Crippen LogP contribution is -2.14. The highest BCUT2D eigenvalue weighted by Crippen LogP contribution is 2.51. The van der Waals surface area contributed by atoms with Gasteiger partial charge in [-0.05, 0) is 64.7 Å². The van der Waals surface area contributed by atoms with E-state index in [9.17, 15) is 0 Å². The van der Waals surface area contributed by atoms with Crippen molar-refractivity contribution in [1.82, 2.24) is 29.1 Å². The Bertz CT molecular complexity index is 3000. The quantitative estimate of drug-likeness (QED) is 0.186. The maximum absolute atomic E-state index is 5.41. The molecule has 0 radical (unpaired) electrons. The molecule has 6 aromatic carbocycles. The van der Waals surface area contributed by atoms with E-state index < -0.39 is 0 Å². The van der Waals surface area contributed by atoms with Crippen LogP contribution in [0.25, 0.3) is 89.3 Å². The van der Waals surface area contributed by atoms with Crippen LogP contribution >= 0.6 is 0 Å². The largest absolute Gasteiger partial charge is 0.307 e. The van der Waals surface area contributed by atoms with Gasteiger partial charge in [-0.3, -0.25) is 9.55 Å². The standard InChI is InChI=1S/C47H32N6/c1-47(2)35-21-8-3-17-31(35)42-34(20-13-22-36(42)47)45-49-44(50-46(51-45)53-37-23-9-4-15-29(37)30-16-5-10-24-38(30)53)33-19-7-12-26-40(33)52-39-25-11-6-18-32(39)43-41(52)27-14-28-48-43/h3-28H,1-2H3. The van der Waals surface area contributed by atoms with E-state index in [0.29, 0.717) is 17.6 Å². The Labute approximate surface area is 305 Å². The first-order chi connectivity index (χ1) is 26.1. The molecule has 0 bridgehead atoms. The zero-order chi connectivity index (χ0) is 35.3. The maximum atomic E-state index is 5.41. The van der Waals surface area contributed by atoms with Gasteiger partial charge in [-0.15, -0.1) is 0 Å². The molecule has 0 amide bonds. The second-order valence-corrected chi connectivity index (χ2v) is 14.3. The Balaban J connectivity index is 1.24. The maximum Gasteiger partial charge on any atom is 0.238 e. The second-order valence-electron chi connectivity index (χ2n) is 14.3. The summed E-state index contributed by atoms with van der Waals surface area (Å²) in [4.78, 5) is 21.0. The summed E-state index contributed by atoms with van der Waals surface area (Å²) in [6.45, 7) is 4.61. The summed E-state index contributed by atoms with van der Waals surface area (Å²) in [5.41, 5.74) is 12.8. The lowest BCUT2D eigenvalue weighted by molar-refractivity contribution is 0.660. The van der Waals surface area contributed by atoms with Crippen molar-refractivity contribution in [3.8, 4) is 45.5 Å². The fourth-order valence-electron chi connectivity index (χ4n) is 8.69. The van der Waals surface area contributed by atoms with Gasteiger partial charge in [-0.2, -0.15) is 9.97 Å². The number of rotatable bonds is 4. The number of fused-ring (bicyclic) bond motifs is 9. The molecule has 0 aliphatic heterocycles. The summed E-state index contributed by atoms with van der Waals surface area (Å²) >= 11 is 0. The molecule has 53 heavy (non-hydrogen) atoms. The number of hydrogen-bond acceptors (Lipinski definition) is 4. The summed E-state index contributed by atoms with van der Waals surface area (Å²) in [6.07, 6.45) is 1.86. The van der Waals surface area contributed by atoms with Crippen molar-refractivity contribution in [1.29, 1.82) is 0 Å². The third-order valence-electron chi connectivity index (χ3n) is 11.1. The Morgan fingerprint density at radius 2 is 0.981 bits per heavy atom. The molecule has 0 spiro atoms. The SMILES string of the molecule is CC1(C)c2ccccc2-c2c(-c3nc(-c4ccccc4-n4c5ccccc5c5ncccc54)nc(-n4c5ccccc5c5ccccc54)n3)cccc21.